The van der Waals surface area contributed by atoms with Gasteiger partial charge in [-0.15, -0.1) is 0 Å². The van der Waals surface area contributed by atoms with Crippen LogP contribution in [0.25, 0.3) is 0 Å². The summed E-state index contributed by atoms with van der Waals surface area (Å²) in [7, 11) is -3.81. The van der Waals surface area contributed by atoms with Gasteiger partial charge in [-0.3, -0.25) is 4.79 Å². The average molecular weight is 374 g/mol. The van der Waals surface area contributed by atoms with Crippen molar-refractivity contribution in [3.05, 3.63) is 54.6 Å². The van der Waals surface area contributed by atoms with E-state index < -0.39 is 39.2 Å². The van der Waals surface area contributed by atoms with Crippen LogP contribution in [0.1, 0.15) is 12.8 Å². The maximum atomic E-state index is 13.0. The number of ether oxygens (including phenoxy) is 2. The lowest BCUT2D eigenvalue weighted by atomic mass is 9.89. The monoisotopic (exact) mass is 374 g/mol. The molecule has 4 rings (SSSR count). The standard InChI is InChI=1S/C19H18O6S/c20-19(21)17-15-10-11-16(25-15)18(17)26(22,23)14-8-6-13(7-9-14)24-12-4-2-1-3-5-12/h1-9,15-18H,10-11H2,(H,20,21). The quantitative estimate of drug-likeness (QED) is 0.865. The van der Waals surface area contributed by atoms with Crippen LogP contribution in [0.3, 0.4) is 0 Å². The van der Waals surface area contributed by atoms with Gasteiger partial charge in [-0.1, -0.05) is 18.2 Å². The minimum absolute atomic E-state index is 0.0883. The summed E-state index contributed by atoms with van der Waals surface area (Å²) in [6, 6.07) is 15.2. The predicted molar refractivity (Wildman–Crippen MR) is 93.0 cm³/mol. The highest BCUT2D eigenvalue weighted by Gasteiger charge is 2.58. The van der Waals surface area contributed by atoms with Crippen LogP contribution in [0.4, 0.5) is 0 Å². The number of carbonyl (C=O) groups is 1. The Morgan fingerprint density at radius 3 is 2.23 bits per heavy atom. The zero-order chi connectivity index (χ0) is 18.3. The summed E-state index contributed by atoms with van der Waals surface area (Å²) < 4.78 is 37.3. The number of aliphatic carboxylic acids is 1. The molecular formula is C19H18O6S. The summed E-state index contributed by atoms with van der Waals surface area (Å²) in [5, 5.41) is 8.42. The first-order valence-corrected chi connectivity index (χ1v) is 9.96. The van der Waals surface area contributed by atoms with Crippen LogP contribution in [0.2, 0.25) is 0 Å². The molecule has 6 nitrogen and oxygen atoms in total. The molecule has 2 aliphatic rings. The molecule has 0 saturated carbocycles. The van der Waals surface area contributed by atoms with E-state index >= 15 is 0 Å². The topological polar surface area (TPSA) is 89.9 Å². The van der Waals surface area contributed by atoms with Gasteiger partial charge in [0.15, 0.2) is 9.84 Å². The second kappa shape index (κ2) is 6.41. The first-order valence-electron chi connectivity index (χ1n) is 8.42. The van der Waals surface area contributed by atoms with Gasteiger partial charge >= 0.3 is 5.97 Å². The molecule has 2 fully saturated rings. The van der Waals surface area contributed by atoms with Crippen molar-refractivity contribution in [1.29, 1.82) is 0 Å². The molecule has 0 amide bonds. The fourth-order valence-corrected chi connectivity index (χ4v) is 5.92. The van der Waals surface area contributed by atoms with E-state index in [9.17, 15) is 18.3 Å². The summed E-state index contributed by atoms with van der Waals surface area (Å²) >= 11 is 0. The predicted octanol–water partition coefficient (Wildman–Crippen LogP) is 2.88. The average Bonchev–Trinajstić information content (AvgIpc) is 3.24. The largest absolute Gasteiger partial charge is 0.481 e. The molecular weight excluding hydrogens is 356 g/mol. The Balaban J connectivity index is 1.59. The van der Waals surface area contributed by atoms with Crippen LogP contribution >= 0.6 is 0 Å². The van der Waals surface area contributed by atoms with Crippen LogP contribution in [0.15, 0.2) is 59.5 Å². The number of hydrogen-bond donors (Lipinski definition) is 1. The van der Waals surface area contributed by atoms with E-state index in [1.165, 1.54) is 12.1 Å². The lowest BCUT2D eigenvalue weighted by Crippen LogP contribution is -2.43. The van der Waals surface area contributed by atoms with E-state index in [2.05, 4.69) is 0 Å². The molecule has 2 heterocycles. The maximum Gasteiger partial charge on any atom is 0.310 e. The van der Waals surface area contributed by atoms with E-state index in [0.29, 0.717) is 24.3 Å². The Morgan fingerprint density at radius 2 is 1.58 bits per heavy atom. The van der Waals surface area contributed by atoms with Crippen molar-refractivity contribution in [2.45, 2.75) is 35.2 Å². The van der Waals surface area contributed by atoms with Gasteiger partial charge in [0, 0.05) is 0 Å². The summed E-state index contributed by atoms with van der Waals surface area (Å²) in [4.78, 5) is 11.7. The molecule has 2 aromatic rings. The van der Waals surface area contributed by atoms with Gasteiger partial charge in [-0.05, 0) is 49.2 Å². The Hall–Kier alpha value is -2.38. The number of carboxylic acid groups (broad SMARTS) is 1. The van der Waals surface area contributed by atoms with Crippen LogP contribution < -0.4 is 4.74 Å². The molecule has 1 N–H and O–H groups in total. The Morgan fingerprint density at radius 1 is 0.962 bits per heavy atom. The molecule has 2 saturated heterocycles. The fraction of sp³-hybridized carbons (Fsp3) is 0.316. The smallest absolute Gasteiger partial charge is 0.310 e. The normalized spacial score (nSPS) is 27.4. The molecule has 4 unspecified atom stereocenters. The van der Waals surface area contributed by atoms with Gasteiger partial charge in [0.25, 0.3) is 0 Å². The van der Waals surface area contributed by atoms with E-state index in [-0.39, 0.29) is 4.90 Å². The van der Waals surface area contributed by atoms with Gasteiger partial charge in [-0.25, -0.2) is 8.42 Å². The van der Waals surface area contributed by atoms with Crippen LogP contribution in [-0.4, -0.2) is 37.0 Å². The van der Waals surface area contributed by atoms with E-state index in [1.807, 2.05) is 18.2 Å². The van der Waals surface area contributed by atoms with Gasteiger partial charge < -0.3 is 14.6 Å². The number of rotatable bonds is 5. The van der Waals surface area contributed by atoms with E-state index in [1.54, 1.807) is 24.3 Å². The number of carboxylic acids is 1. The zero-order valence-corrected chi connectivity index (χ0v) is 14.6. The second-order valence-corrected chi connectivity index (χ2v) is 8.66. The third kappa shape index (κ3) is 2.87. The van der Waals surface area contributed by atoms with E-state index in [0.717, 1.165) is 0 Å². The second-order valence-electron chi connectivity index (χ2n) is 6.55. The number of sulfone groups is 1. The number of para-hydroxylation sites is 1. The number of benzene rings is 2. The molecule has 2 aliphatic heterocycles. The first-order chi connectivity index (χ1) is 12.5. The summed E-state index contributed by atoms with van der Waals surface area (Å²) in [6.07, 6.45) is 0.106. The molecule has 136 valence electrons. The SMILES string of the molecule is O=C(O)C1C2CCC(O2)C1S(=O)(=O)c1ccc(Oc2ccccc2)cc1. The summed E-state index contributed by atoms with van der Waals surface area (Å²) in [5.74, 6) is -0.974. The van der Waals surface area contributed by atoms with Crippen molar-refractivity contribution in [2.24, 2.45) is 5.92 Å². The van der Waals surface area contributed by atoms with Crippen molar-refractivity contribution in [3.63, 3.8) is 0 Å². The third-order valence-corrected chi connectivity index (χ3v) is 7.22. The zero-order valence-electron chi connectivity index (χ0n) is 13.8. The molecule has 4 atom stereocenters. The van der Waals surface area contributed by atoms with Crippen molar-refractivity contribution < 1.29 is 27.8 Å². The highest BCUT2D eigenvalue weighted by Crippen LogP contribution is 2.44. The minimum Gasteiger partial charge on any atom is -0.481 e. The lowest BCUT2D eigenvalue weighted by molar-refractivity contribution is -0.143. The maximum absolute atomic E-state index is 13.0. The Labute approximate surface area is 151 Å². The Bertz CT molecular complexity index is 907. The molecule has 7 heteroatoms. The third-order valence-electron chi connectivity index (χ3n) is 4.98. The van der Waals surface area contributed by atoms with Crippen LogP contribution in [0, 0.1) is 5.92 Å². The molecule has 2 aromatic carbocycles. The van der Waals surface area contributed by atoms with Crippen molar-refractivity contribution in [2.75, 3.05) is 0 Å². The van der Waals surface area contributed by atoms with Gasteiger partial charge in [-0.2, -0.15) is 0 Å². The highest BCUT2D eigenvalue weighted by molar-refractivity contribution is 7.92. The molecule has 26 heavy (non-hydrogen) atoms. The molecule has 0 radical (unpaired) electrons. The Kier molecular flexibility index (Phi) is 4.20. The number of hydrogen-bond acceptors (Lipinski definition) is 5. The van der Waals surface area contributed by atoms with Crippen LogP contribution in [0.5, 0.6) is 11.5 Å². The van der Waals surface area contributed by atoms with Crippen LogP contribution in [-0.2, 0) is 19.4 Å². The molecule has 0 aromatic heterocycles. The van der Waals surface area contributed by atoms with Gasteiger partial charge in [0.1, 0.15) is 22.7 Å². The van der Waals surface area contributed by atoms with Crippen molar-refractivity contribution >= 4 is 15.8 Å². The highest BCUT2D eigenvalue weighted by atomic mass is 32.2. The molecule has 2 bridgehead atoms. The van der Waals surface area contributed by atoms with Gasteiger partial charge in [0.05, 0.1) is 17.1 Å². The summed E-state index contributed by atoms with van der Waals surface area (Å²) in [5.41, 5.74) is 0. The van der Waals surface area contributed by atoms with Gasteiger partial charge in [0.2, 0.25) is 0 Å². The lowest BCUT2D eigenvalue weighted by Gasteiger charge is -2.24. The first kappa shape index (κ1) is 17.1. The molecule has 0 spiro atoms. The fourth-order valence-electron chi connectivity index (χ4n) is 3.81. The minimum atomic E-state index is -3.81. The van der Waals surface area contributed by atoms with Crippen molar-refractivity contribution in [3.8, 4) is 11.5 Å². The van der Waals surface area contributed by atoms with Crippen molar-refractivity contribution in [1.82, 2.24) is 0 Å². The van der Waals surface area contributed by atoms with E-state index in [4.69, 9.17) is 9.47 Å². The summed E-state index contributed by atoms with van der Waals surface area (Å²) in [6.45, 7) is 0. The molecule has 0 aliphatic carbocycles. The number of fused-ring (bicyclic) bond motifs is 2.